The molecule has 3 N–H and O–H groups in total. The summed E-state index contributed by atoms with van der Waals surface area (Å²) in [6.07, 6.45) is 0.937. The smallest absolute Gasteiger partial charge is 0.0353 e. The molecule has 2 nitrogen and oxygen atoms in total. The summed E-state index contributed by atoms with van der Waals surface area (Å²) in [7, 11) is 0. The van der Waals surface area contributed by atoms with Crippen LogP contribution in [0.25, 0.3) is 0 Å². The van der Waals surface area contributed by atoms with Crippen molar-refractivity contribution in [3.63, 3.8) is 0 Å². The van der Waals surface area contributed by atoms with E-state index in [1.165, 1.54) is 14.2 Å². The van der Waals surface area contributed by atoms with E-state index in [9.17, 15) is 0 Å². The standard InChI is InChI=1S/C13H14Br2N2S2/c14-10-3-1-2-4-12(10)19-8-9(17-16)7-13-11(15)5-6-18-13/h1-6,9,17H,7-8,16H2. The van der Waals surface area contributed by atoms with Gasteiger partial charge in [0.05, 0.1) is 0 Å². The van der Waals surface area contributed by atoms with E-state index in [0.717, 1.165) is 16.6 Å². The van der Waals surface area contributed by atoms with Gasteiger partial charge in [0.1, 0.15) is 0 Å². The van der Waals surface area contributed by atoms with E-state index in [4.69, 9.17) is 5.84 Å². The first-order chi connectivity index (χ1) is 9.20. The first kappa shape index (κ1) is 15.5. The van der Waals surface area contributed by atoms with Crippen molar-refractivity contribution in [2.24, 2.45) is 5.84 Å². The number of rotatable bonds is 6. The maximum Gasteiger partial charge on any atom is 0.0353 e. The SMILES string of the molecule is NNC(CSc1ccccc1Br)Cc1sccc1Br. The summed E-state index contributed by atoms with van der Waals surface area (Å²) in [5.74, 6) is 6.59. The summed E-state index contributed by atoms with van der Waals surface area (Å²) in [5.41, 5.74) is 2.91. The van der Waals surface area contributed by atoms with Crippen molar-refractivity contribution in [2.45, 2.75) is 17.4 Å². The zero-order valence-corrected chi connectivity index (χ0v) is 14.9. The van der Waals surface area contributed by atoms with Gasteiger partial charge in [0, 0.05) is 36.9 Å². The van der Waals surface area contributed by atoms with Crippen molar-refractivity contribution in [2.75, 3.05) is 5.75 Å². The second-order valence-corrected chi connectivity index (χ2v) is 7.77. The number of hydrogen-bond acceptors (Lipinski definition) is 4. The van der Waals surface area contributed by atoms with Crippen LogP contribution in [-0.4, -0.2) is 11.8 Å². The molecule has 1 unspecified atom stereocenters. The molecule has 0 fully saturated rings. The van der Waals surface area contributed by atoms with Crippen molar-refractivity contribution in [3.8, 4) is 0 Å². The first-order valence-electron chi connectivity index (χ1n) is 5.76. The van der Waals surface area contributed by atoms with Crippen molar-refractivity contribution in [3.05, 3.63) is 49.5 Å². The van der Waals surface area contributed by atoms with Gasteiger partial charge in [-0.05, 0) is 55.4 Å². The molecule has 0 saturated carbocycles. The molecule has 1 heterocycles. The molecule has 0 aliphatic carbocycles. The van der Waals surface area contributed by atoms with Crippen LogP contribution in [0.15, 0.2) is 49.6 Å². The Morgan fingerprint density at radius 1 is 1.21 bits per heavy atom. The molecule has 102 valence electrons. The topological polar surface area (TPSA) is 38.0 Å². The van der Waals surface area contributed by atoms with E-state index in [-0.39, 0.29) is 6.04 Å². The molecule has 0 aliphatic heterocycles. The van der Waals surface area contributed by atoms with E-state index < -0.39 is 0 Å². The molecule has 0 radical (unpaired) electrons. The average molecular weight is 422 g/mol. The quantitative estimate of drug-likeness (QED) is 0.411. The first-order valence-corrected chi connectivity index (χ1v) is 9.21. The number of hydrogen-bond donors (Lipinski definition) is 2. The van der Waals surface area contributed by atoms with Crippen LogP contribution in [-0.2, 0) is 6.42 Å². The third-order valence-corrected chi connectivity index (χ3v) is 6.77. The second-order valence-electron chi connectivity index (χ2n) is 4.00. The van der Waals surface area contributed by atoms with Crippen molar-refractivity contribution >= 4 is 55.0 Å². The summed E-state index contributed by atoms with van der Waals surface area (Å²) < 4.78 is 2.30. The zero-order valence-electron chi connectivity index (χ0n) is 10.1. The lowest BCUT2D eigenvalue weighted by molar-refractivity contribution is 0.578. The second kappa shape index (κ2) is 7.81. The Kier molecular flexibility index (Phi) is 6.38. The van der Waals surface area contributed by atoms with Gasteiger partial charge in [-0.2, -0.15) is 0 Å². The fourth-order valence-electron chi connectivity index (χ4n) is 1.61. The van der Waals surface area contributed by atoms with Crippen LogP contribution in [0.3, 0.4) is 0 Å². The molecule has 0 saturated heterocycles. The van der Waals surface area contributed by atoms with Crippen LogP contribution in [0, 0.1) is 0 Å². The lowest BCUT2D eigenvalue weighted by Crippen LogP contribution is -2.38. The van der Waals surface area contributed by atoms with Gasteiger partial charge < -0.3 is 0 Å². The van der Waals surface area contributed by atoms with Crippen LogP contribution in [0.1, 0.15) is 4.88 Å². The van der Waals surface area contributed by atoms with Crippen LogP contribution >= 0.6 is 55.0 Å². The highest BCUT2D eigenvalue weighted by molar-refractivity contribution is 9.10. The fraction of sp³-hybridized carbons (Fsp3) is 0.231. The van der Waals surface area contributed by atoms with E-state index in [2.05, 4.69) is 60.9 Å². The number of thioether (sulfide) groups is 1. The van der Waals surface area contributed by atoms with E-state index in [0.29, 0.717) is 0 Å². The van der Waals surface area contributed by atoms with E-state index >= 15 is 0 Å². The highest BCUT2D eigenvalue weighted by Gasteiger charge is 2.12. The van der Waals surface area contributed by atoms with Gasteiger partial charge >= 0.3 is 0 Å². The minimum absolute atomic E-state index is 0.257. The largest absolute Gasteiger partial charge is 0.271 e. The van der Waals surface area contributed by atoms with Crippen molar-refractivity contribution in [1.82, 2.24) is 5.43 Å². The Labute approximate surface area is 138 Å². The van der Waals surface area contributed by atoms with E-state index in [1.807, 2.05) is 23.9 Å². The Bertz CT molecular complexity index is 531. The molecule has 1 aromatic carbocycles. The molecule has 6 heteroatoms. The average Bonchev–Trinajstić information content (AvgIpc) is 2.81. The molecule has 2 rings (SSSR count). The third-order valence-electron chi connectivity index (χ3n) is 2.64. The summed E-state index contributed by atoms with van der Waals surface area (Å²) in [4.78, 5) is 2.57. The number of halogens is 2. The number of thiophene rings is 1. The Morgan fingerprint density at radius 3 is 2.63 bits per heavy atom. The summed E-state index contributed by atoms with van der Waals surface area (Å²) in [5, 5.41) is 2.09. The lowest BCUT2D eigenvalue weighted by atomic mass is 10.2. The molecule has 1 atom stereocenters. The molecular weight excluding hydrogens is 408 g/mol. The van der Waals surface area contributed by atoms with Gasteiger partial charge in [-0.1, -0.05) is 12.1 Å². The predicted octanol–water partition coefficient (Wildman–Crippen LogP) is 4.44. The Hall–Kier alpha value is 0.150. The van der Waals surface area contributed by atoms with Crippen molar-refractivity contribution < 1.29 is 0 Å². The van der Waals surface area contributed by atoms with Gasteiger partial charge in [-0.25, -0.2) is 0 Å². The Morgan fingerprint density at radius 2 is 2.00 bits per heavy atom. The number of benzene rings is 1. The number of nitrogens with two attached hydrogens (primary N) is 1. The van der Waals surface area contributed by atoms with Gasteiger partial charge in [-0.3, -0.25) is 11.3 Å². The molecule has 0 amide bonds. The summed E-state index contributed by atoms with van der Waals surface area (Å²) in [6, 6.07) is 10.6. The molecule has 1 aromatic heterocycles. The molecular formula is C13H14Br2N2S2. The molecule has 2 aromatic rings. The minimum Gasteiger partial charge on any atom is -0.271 e. The third kappa shape index (κ3) is 4.58. The molecule has 0 bridgehead atoms. The van der Waals surface area contributed by atoms with Crippen molar-refractivity contribution in [1.29, 1.82) is 0 Å². The van der Waals surface area contributed by atoms with Crippen LogP contribution in [0.2, 0.25) is 0 Å². The summed E-state index contributed by atoms with van der Waals surface area (Å²) in [6.45, 7) is 0. The van der Waals surface area contributed by atoms with Gasteiger partial charge in [0.2, 0.25) is 0 Å². The predicted molar refractivity (Wildman–Crippen MR) is 91.7 cm³/mol. The van der Waals surface area contributed by atoms with Gasteiger partial charge in [-0.15, -0.1) is 23.1 Å². The van der Waals surface area contributed by atoms with Crippen LogP contribution in [0.5, 0.6) is 0 Å². The molecule has 0 aliphatic rings. The number of nitrogens with one attached hydrogen (secondary N) is 1. The minimum atomic E-state index is 0.257. The number of hydrazine groups is 1. The van der Waals surface area contributed by atoms with E-state index in [1.54, 1.807) is 11.3 Å². The van der Waals surface area contributed by atoms with Crippen LogP contribution < -0.4 is 11.3 Å². The lowest BCUT2D eigenvalue weighted by Gasteiger charge is -2.15. The zero-order chi connectivity index (χ0) is 13.7. The summed E-state index contributed by atoms with van der Waals surface area (Å²) >= 11 is 10.7. The maximum atomic E-state index is 5.66. The molecule has 0 spiro atoms. The highest BCUT2D eigenvalue weighted by atomic mass is 79.9. The Balaban J connectivity index is 1.93. The monoisotopic (exact) mass is 420 g/mol. The normalized spacial score (nSPS) is 12.6. The van der Waals surface area contributed by atoms with Gasteiger partial charge in [0.15, 0.2) is 0 Å². The molecule has 19 heavy (non-hydrogen) atoms. The maximum absolute atomic E-state index is 5.66. The fourth-order valence-corrected chi connectivity index (χ4v) is 4.81. The highest BCUT2D eigenvalue weighted by Crippen LogP contribution is 2.29. The van der Waals surface area contributed by atoms with Crippen LogP contribution in [0.4, 0.5) is 0 Å². The van der Waals surface area contributed by atoms with Gasteiger partial charge in [0.25, 0.3) is 0 Å².